The summed E-state index contributed by atoms with van der Waals surface area (Å²) < 4.78 is 78.4. The van der Waals surface area contributed by atoms with Crippen molar-refractivity contribution in [2.45, 2.75) is 38.8 Å². The monoisotopic (exact) mass is 491 g/mol. The number of hydrogen-bond acceptors (Lipinski definition) is 2. The predicted molar refractivity (Wildman–Crippen MR) is 117 cm³/mol. The molecule has 11 heteroatoms. The van der Waals surface area contributed by atoms with Crippen molar-refractivity contribution in [3.63, 3.8) is 0 Å². The van der Waals surface area contributed by atoms with Gasteiger partial charge in [0.2, 0.25) is 5.91 Å². The summed E-state index contributed by atoms with van der Waals surface area (Å²) in [7, 11) is 1.59. The summed E-state index contributed by atoms with van der Waals surface area (Å²) in [4.78, 5) is 14.4. The Bertz CT molecular complexity index is 944. The second-order valence-electron chi connectivity index (χ2n) is 7.79. The highest BCUT2D eigenvalue weighted by Gasteiger charge is 2.37. The number of thiocarbonyl (C=S) groups is 1. The van der Waals surface area contributed by atoms with E-state index in [0.29, 0.717) is 18.7 Å². The van der Waals surface area contributed by atoms with Crippen LogP contribution in [0.3, 0.4) is 0 Å². The molecule has 0 heterocycles. The van der Waals surface area contributed by atoms with Crippen molar-refractivity contribution >= 4 is 28.9 Å². The molecule has 1 atom stereocenters. The fourth-order valence-corrected chi connectivity index (χ4v) is 3.27. The van der Waals surface area contributed by atoms with E-state index in [4.69, 9.17) is 12.2 Å². The lowest BCUT2D eigenvalue weighted by molar-refractivity contribution is -0.143. The topological polar surface area (TPSA) is 44.4 Å². The molecule has 0 radical (unpaired) electrons. The summed E-state index contributed by atoms with van der Waals surface area (Å²) in [6.07, 6.45) is -9.97. The fourth-order valence-electron chi connectivity index (χ4n) is 3.02. The first-order valence-electron chi connectivity index (χ1n) is 9.84. The van der Waals surface area contributed by atoms with Crippen LogP contribution in [-0.4, -0.2) is 29.0 Å². The van der Waals surface area contributed by atoms with Crippen molar-refractivity contribution in [2.75, 3.05) is 12.4 Å². The number of anilines is 1. The zero-order valence-corrected chi connectivity index (χ0v) is 18.8. The van der Waals surface area contributed by atoms with Crippen molar-refractivity contribution in [3.8, 4) is 0 Å². The average Bonchev–Trinajstić information content (AvgIpc) is 2.70. The molecule has 0 aromatic heterocycles. The Balaban J connectivity index is 2.18. The number of likely N-dealkylation sites (N-methyl/N-ethyl adjacent to an activating group) is 1. The summed E-state index contributed by atoms with van der Waals surface area (Å²) in [6.45, 7) is 3.79. The zero-order chi connectivity index (χ0) is 25.0. The molecule has 2 N–H and O–H groups in total. The van der Waals surface area contributed by atoms with Crippen LogP contribution in [0.25, 0.3) is 0 Å². The second-order valence-corrected chi connectivity index (χ2v) is 8.20. The van der Waals surface area contributed by atoms with Gasteiger partial charge in [-0.2, -0.15) is 26.3 Å². The molecule has 0 unspecified atom stereocenters. The van der Waals surface area contributed by atoms with E-state index < -0.39 is 35.2 Å². The molecular weight excluding hydrogens is 468 g/mol. The van der Waals surface area contributed by atoms with Gasteiger partial charge in [-0.25, -0.2) is 0 Å². The maximum absolute atomic E-state index is 13.1. The number of benzene rings is 2. The number of carbonyl (C=O) groups is 1. The van der Waals surface area contributed by atoms with E-state index in [-0.39, 0.29) is 23.0 Å². The molecule has 0 aliphatic rings. The highest BCUT2D eigenvalue weighted by Crippen LogP contribution is 2.37. The molecule has 33 heavy (non-hydrogen) atoms. The van der Waals surface area contributed by atoms with Crippen molar-refractivity contribution in [1.29, 1.82) is 0 Å². The zero-order valence-electron chi connectivity index (χ0n) is 18.0. The van der Waals surface area contributed by atoms with Crippen LogP contribution in [0.1, 0.15) is 30.5 Å². The van der Waals surface area contributed by atoms with Crippen LogP contribution in [0.15, 0.2) is 48.5 Å². The van der Waals surface area contributed by atoms with Crippen molar-refractivity contribution in [3.05, 3.63) is 65.2 Å². The molecule has 0 bridgehead atoms. The van der Waals surface area contributed by atoms with Gasteiger partial charge in [0.15, 0.2) is 5.11 Å². The summed E-state index contributed by atoms with van der Waals surface area (Å²) in [5.41, 5.74) is -2.55. The van der Waals surface area contributed by atoms with Gasteiger partial charge in [0, 0.05) is 19.3 Å². The Morgan fingerprint density at radius 3 is 1.94 bits per heavy atom. The lowest BCUT2D eigenvalue weighted by Gasteiger charge is -2.28. The number of carbonyl (C=O) groups excluding carboxylic acids is 1. The predicted octanol–water partition coefficient (Wildman–Crippen LogP) is 5.69. The third-order valence-corrected chi connectivity index (χ3v) is 4.92. The average molecular weight is 492 g/mol. The highest BCUT2D eigenvalue weighted by molar-refractivity contribution is 7.80. The van der Waals surface area contributed by atoms with Gasteiger partial charge in [-0.05, 0) is 41.9 Å². The Kier molecular flexibility index (Phi) is 8.34. The van der Waals surface area contributed by atoms with E-state index in [2.05, 4.69) is 10.6 Å². The summed E-state index contributed by atoms with van der Waals surface area (Å²) >= 11 is 5.08. The van der Waals surface area contributed by atoms with E-state index >= 15 is 0 Å². The van der Waals surface area contributed by atoms with Crippen molar-refractivity contribution < 1.29 is 31.1 Å². The van der Waals surface area contributed by atoms with E-state index in [1.807, 2.05) is 30.3 Å². The number of hydrogen-bond donors (Lipinski definition) is 2. The molecule has 0 aliphatic heterocycles. The highest BCUT2D eigenvalue weighted by atomic mass is 32.1. The molecule has 180 valence electrons. The number of alkyl halides is 6. The molecular formula is C22H23F6N3OS. The van der Waals surface area contributed by atoms with E-state index in [0.717, 1.165) is 5.56 Å². The van der Waals surface area contributed by atoms with Gasteiger partial charge >= 0.3 is 12.4 Å². The van der Waals surface area contributed by atoms with Crippen LogP contribution in [0.5, 0.6) is 0 Å². The van der Waals surface area contributed by atoms with Crippen molar-refractivity contribution in [1.82, 2.24) is 10.2 Å². The SMILES string of the molecule is CC(C)[C@H](NC(=S)Nc1cc(C(F)(F)F)cc(C(F)(F)F)c1)C(=O)N(C)Cc1ccccc1. The summed E-state index contributed by atoms with van der Waals surface area (Å²) in [5, 5.41) is 4.78. The smallest absolute Gasteiger partial charge is 0.350 e. The van der Waals surface area contributed by atoms with E-state index in [9.17, 15) is 31.1 Å². The third-order valence-electron chi connectivity index (χ3n) is 4.70. The van der Waals surface area contributed by atoms with Crippen LogP contribution in [0.4, 0.5) is 32.0 Å². The second kappa shape index (κ2) is 10.4. The van der Waals surface area contributed by atoms with Crippen LogP contribution in [-0.2, 0) is 23.7 Å². The number of nitrogens with one attached hydrogen (secondary N) is 2. The first-order chi connectivity index (χ1) is 15.2. The van der Waals surface area contributed by atoms with Gasteiger partial charge in [-0.15, -0.1) is 0 Å². The van der Waals surface area contributed by atoms with Gasteiger partial charge in [-0.1, -0.05) is 44.2 Å². The molecule has 0 fully saturated rings. The lowest BCUT2D eigenvalue weighted by atomic mass is 10.0. The minimum absolute atomic E-state index is 0.0284. The standard InChI is InChI=1S/C22H23F6N3OS/c1-13(2)18(19(32)31(3)12-14-7-5-4-6-8-14)30-20(33)29-17-10-15(21(23,24)25)9-16(11-17)22(26,27)28/h4-11,13,18H,12H2,1-3H3,(H2,29,30,33)/t18-/m0/s1. The Morgan fingerprint density at radius 1 is 0.970 bits per heavy atom. The van der Waals surface area contributed by atoms with Crippen LogP contribution >= 0.6 is 12.2 Å². The lowest BCUT2D eigenvalue weighted by Crippen LogP contribution is -2.51. The number of nitrogens with zero attached hydrogens (tertiary/aromatic N) is 1. The molecule has 0 aliphatic carbocycles. The molecule has 2 aromatic rings. The third kappa shape index (κ3) is 7.62. The molecule has 0 saturated heterocycles. The van der Waals surface area contributed by atoms with Crippen LogP contribution < -0.4 is 10.6 Å². The molecule has 2 aromatic carbocycles. The number of amides is 1. The number of halogens is 6. The fraction of sp³-hybridized carbons (Fsp3) is 0.364. The Morgan fingerprint density at radius 2 is 1.48 bits per heavy atom. The Hall–Kier alpha value is -2.82. The molecule has 0 spiro atoms. The van der Waals surface area contributed by atoms with Crippen LogP contribution in [0, 0.1) is 5.92 Å². The largest absolute Gasteiger partial charge is 0.416 e. The maximum atomic E-state index is 13.1. The molecule has 4 nitrogen and oxygen atoms in total. The first kappa shape index (κ1) is 26.4. The van der Waals surface area contributed by atoms with E-state index in [1.165, 1.54) is 4.90 Å². The molecule has 0 saturated carbocycles. The minimum Gasteiger partial charge on any atom is -0.350 e. The quantitative estimate of drug-likeness (QED) is 0.402. The summed E-state index contributed by atoms with van der Waals surface area (Å²) in [5.74, 6) is -0.610. The van der Waals surface area contributed by atoms with Gasteiger partial charge in [0.25, 0.3) is 0 Å². The molecule has 1 amide bonds. The van der Waals surface area contributed by atoms with Gasteiger partial charge < -0.3 is 15.5 Å². The van der Waals surface area contributed by atoms with Crippen LogP contribution in [0.2, 0.25) is 0 Å². The van der Waals surface area contributed by atoms with Gasteiger partial charge in [0.1, 0.15) is 6.04 Å². The Labute approximate surface area is 193 Å². The van der Waals surface area contributed by atoms with Gasteiger partial charge in [0.05, 0.1) is 11.1 Å². The minimum atomic E-state index is -4.98. The number of rotatable bonds is 6. The first-order valence-corrected chi connectivity index (χ1v) is 10.2. The van der Waals surface area contributed by atoms with Gasteiger partial charge in [-0.3, -0.25) is 4.79 Å². The molecule has 2 rings (SSSR count). The van der Waals surface area contributed by atoms with Crippen molar-refractivity contribution in [2.24, 2.45) is 5.92 Å². The summed E-state index contributed by atoms with van der Waals surface area (Å²) in [6, 6.07) is 9.41. The van der Waals surface area contributed by atoms with E-state index in [1.54, 1.807) is 20.9 Å². The maximum Gasteiger partial charge on any atom is 0.416 e. The normalized spacial score (nSPS) is 12.9.